The highest BCUT2D eigenvalue weighted by atomic mass is 32.2. The molecule has 1 aliphatic carbocycles. The Labute approximate surface area is 122 Å². The Morgan fingerprint density at radius 3 is 2.65 bits per heavy atom. The number of rotatable bonds is 5. The predicted octanol–water partition coefficient (Wildman–Crippen LogP) is 2.71. The highest BCUT2D eigenvalue weighted by molar-refractivity contribution is 8.00. The molecule has 5 nitrogen and oxygen atoms in total. The summed E-state index contributed by atoms with van der Waals surface area (Å²) in [6.45, 7) is 2.38. The Bertz CT molecular complexity index is 541. The van der Waals surface area contributed by atoms with E-state index in [4.69, 9.17) is 5.11 Å². The van der Waals surface area contributed by atoms with Crippen LogP contribution in [-0.4, -0.2) is 34.7 Å². The lowest BCUT2D eigenvalue weighted by atomic mass is 10.1. The van der Waals surface area contributed by atoms with Crippen molar-refractivity contribution in [1.82, 2.24) is 5.32 Å². The number of carboxylic acids is 1. The standard InChI is InChI=1S/C14H18N2O3S/c1-9-4-3-5-10(12(17)18)11(9)16-13(19)15-8-14(20-2)6-7-14/h3-5H,6-8H2,1-2H3,(H,17,18)(H2,15,16,19). The van der Waals surface area contributed by atoms with Crippen LogP contribution in [0.4, 0.5) is 10.5 Å². The van der Waals surface area contributed by atoms with E-state index in [1.165, 1.54) is 6.07 Å². The number of para-hydroxylation sites is 1. The van der Waals surface area contributed by atoms with E-state index in [0.29, 0.717) is 12.2 Å². The summed E-state index contributed by atoms with van der Waals surface area (Å²) < 4.78 is 0.179. The molecule has 0 heterocycles. The topological polar surface area (TPSA) is 78.4 Å². The van der Waals surface area contributed by atoms with Gasteiger partial charge in [-0.2, -0.15) is 11.8 Å². The molecule has 108 valence electrons. The minimum absolute atomic E-state index is 0.103. The zero-order valence-electron chi connectivity index (χ0n) is 11.5. The molecule has 2 rings (SSSR count). The van der Waals surface area contributed by atoms with Gasteiger partial charge in [-0.05, 0) is 37.7 Å². The molecule has 0 aliphatic heterocycles. The molecule has 1 aromatic carbocycles. The van der Waals surface area contributed by atoms with Crippen LogP contribution in [0.25, 0.3) is 0 Å². The first kappa shape index (κ1) is 14.7. The van der Waals surface area contributed by atoms with E-state index in [1.54, 1.807) is 30.8 Å². The second-order valence-corrected chi connectivity index (χ2v) is 6.27. The molecule has 0 aromatic heterocycles. The summed E-state index contributed by atoms with van der Waals surface area (Å²) in [4.78, 5) is 23.1. The van der Waals surface area contributed by atoms with Gasteiger partial charge in [-0.25, -0.2) is 9.59 Å². The lowest BCUT2D eigenvalue weighted by molar-refractivity contribution is 0.0698. The molecule has 0 radical (unpaired) electrons. The van der Waals surface area contributed by atoms with Gasteiger partial charge in [0.2, 0.25) is 0 Å². The third-order valence-electron chi connectivity index (χ3n) is 3.55. The molecular weight excluding hydrogens is 276 g/mol. The van der Waals surface area contributed by atoms with Crippen LogP contribution in [0.3, 0.4) is 0 Å². The summed E-state index contributed by atoms with van der Waals surface area (Å²) in [6.07, 6.45) is 4.26. The molecule has 1 aliphatic rings. The van der Waals surface area contributed by atoms with Crippen LogP contribution in [0.5, 0.6) is 0 Å². The summed E-state index contributed by atoms with van der Waals surface area (Å²) in [5, 5.41) is 14.6. The van der Waals surface area contributed by atoms with Crippen molar-refractivity contribution >= 4 is 29.4 Å². The van der Waals surface area contributed by atoms with Gasteiger partial charge in [0, 0.05) is 11.3 Å². The summed E-state index contributed by atoms with van der Waals surface area (Å²) in [7, 11) is 0. The predicted molar refractivity (Wildman–Crippen MR) is 80.6 cm³/mol. The van der Waals surface area contributed by atoms with Gasteiger partial charge in [0.1, 0.15) is 0 Å². The molecule has 20 heavy (non-hydrogen) atoms. The van der Waals surface area contributed by atoms with Crippen molar-refractivity contribution in [2.45, 2.75) is 24.5 Å². The van der Waals surface area contributed by atoms with Gasteiger partial charge in [0.05, 0.1) is 11.3 Å². The minimum Gasteiger partial charge on any atom is -0.478 e. The summed E-state index contributed by atoms with van der Waals surface area (Å²) in [5.41, 5.74) is 1.18. The van der Waals surface area contributed by atoms with Crippen molar-refractivity contribution in [3.8, 4) is 0 Å². The number of aryl methyl sites for hydroxylation is 1. The number of carbonyl (C=O) groups excluding carboxylic acids is 1. The number of nitrogens with one attached hydrogen (secondary N) is 2. The minimum atomic E-state index is -1.05. The van der Waals surface area contributed by atoms with E-state index < -0.39 is 5.97 Å². The van der Waals surface area contributed by atoms with E-state index in [1.807, 2.05) is 6.26 Å². The van der Waals surface area contributed by atoms with Crippen molar-refractivity contribution in [1.29, 1.82) is 0 Å². The van der Waals surface area contributed by atoms with Crippen molar-refractivity contribution in [3.05, 3.63) is 29.3 Å². The summed E-state index contributed by atoms with van der Waals surface area (Å²) >= 11 is 1.76. The van der Waals surface area contributed by atoms with Crippen molar-refractivity contribution in [3.63, 3.8) is 0 Å². The van der Waals surface area contributed by atoms with Crippen LogP contribution in [-0.2, 0) is 0 Å². The number of anilines is 1. The fraction of sp³-hybridized carbons (Fsp3) is 0.429. The van der Waals surface area contributed by atoms with Crippen molar-refractivity contribution < 1.29 is 14.7 Å². The number of amides is 2. The van der Waals surface area contributed by atoms with Crippen LogP contribution in [0, 0.1) is 6.92 Å². The van der Waals surface area contributed by atoms with Gasteiger partial charge >= 0.3 is 12.0 Å². The Morgan fingerprint density at radius 1 is 1.40 bits per heavy atom. The molecule has 0 atom stereocenters. The van der Waals surface area contributed by atoms with E-state index >= 15 is 0 Å². The molecule has 1 aromatic rings. The number of hydrogen-bond donors (Lipinski definition) is 3. The first-order chi connectivity index (χ1) is 9.47. The summed E-state index contributed by atoms with van der Waals surface area (Å²) in [5.74, 6) is -1.05. The highest BCUT2D eigenvalue weighted by Gasteiger charge is 2.41. The van der Waals surface area contributed by atoms with Gasteiger partial charge in [0.25, 0.3) is 0 Å². The van der Waals surface area contributed by atoms with Crippen molar-refractivity contribution in [2.24, 2.45) is 0 Å². The number of urea groups is 1. The molecule has 0 spiro atoms. The second kappa shape index (κ2) is 5.75. The lowest BCUT2D eigenvalue weighted by Gasteiger charge is -2.15. The average Bonchev–Trinajstić information content (AvgIpc) is 3.19. The quantitative estimate of drug-likeness (QED) is 0.780. The molecule has 3 N–H and O–H groups in total. The van der Waals surface area contributed by atoms with Gasteiger partial charge in [0.15, 0.2) is 0 Å². The maximum atomic E-state index is 11.9. The van der Waals surface area contributed by atoms with E-state index in [0.717, 1.165) is 18.4 Å². The van der Waals surface area contributed by atoms with Crippen LogP contribution in [0.2, 0.25) is 0 Å². The van der Waals surface area contributed by atoms with Gasteiger partial charge in [-0.1, -0.05) is 12.1 Å². The second-order valence-electron chi connectivity index (χ2n) is 5.00. The molecule has 0 bridgehead atoms. The zero-order valence-corrected chi connectivity index (χ0v) is 12.3. The third kappa shape index (κ3) is 3.25. The molecule has 6 heteroatoms. The Hall–Kier alpha value is -1.69. The fourth-order valence-corrected chi connectivity index (χ4v) is 2.73. The monoisotopic (exact) mass is 294 g/mol. The van der Waals surface area contributed by atoms with Gasteiger partial charge in [-0.3, -0.25) is 0 Å². The number of carboxylic acid groups (broad SMARTS) is 1. The first-order valence-electron chi connectivity index (χ1n) is 6.40. The number of benzene rings is 1. The van der Waals surface area contributed by atoms with E-state index in [9.17, 15) is 9.59 Å². The lowest BCUT2D eigenvalue weighted by Crippen LogP contribution is -2.35. The molecule has 0 saturated heterocycles. The molecule has 0 unspecified atom stereocenters. The first-order valence-corrected chi connectivity index (χ1v) is 7.63. The summed E-state index contributed by atoms with van der Waals surface area (Å²) in [6, 6.07) is 4.55. The zero-order chi connectivity index (χ0) is 14.8. The van der Waals surface area contributed by atoms with Gasteiger partial charge in [-0.15, -0.1) is 0 Å². The fourth-order valence-electron chi connectivity index (χ4n) is 2.00. The number of carbonyl (C=O) groups is 2. The third-order valence-corrected chi connectivity index (χ3v) is 4.97. The molecule has 1 saturated carbocycles. The Balaban J connectivity index is 2.02. The van der Waals surface area contributed by atoms with Crippen LogP contribution >= 0.6 is 11.8 Å². The van der Waals surface area contributed by atoms with Gasteiger partial charge < -0.3 is 15.7 Å². The maximum absolute atomic E-state index is 11.9. The van der Waals surface area contributed by atoms with E-state index in [2.05, 4.69) is 10.6 Å². The smallest absolute Gasteiger partial charge is 0.337 e. The van der Waals surface area contributed by atoms with E-state index in [-0.39, 0.29) is 16.3 Å². The number of thioether (sulfide) groups is 1. The van der Waals surface area contributed by atoms with Crippen LogP contribution in [0.1, 0.15) is 28.8 Å². The Morgan fingerprint density at radius 2 is 2.10 bits per heavy atom. The normalized spacial score (nSPS) is 15.5. The maximum Gasteiger partial charge on any atom is 0.337 e. The largest absolute Gasteiger partial charge is 0.478 e. The molecule has 1 fully saturated rings. The number of hydrogen-bond acceptors (Lipinski definition) is 3. The molecule has 2 amide bonds. The molecular formula is C14H18N2O3S. The van der Waals surface area contributed by atoms with Crippen molar-refractivity contribution in [2.75, 3.05) is 18.1 Å². The van der Waals surface area contributed by atoms with Crippen LogP contribution < -0.4 is 10.6 Å². The van der Waals surface area contributed by atoms with Crippen LogP contribution in [0.15, 0.2) is 18.2 Å². The number of aromatic carboxylic acids is 1. The SMILES string of the molecule is CSC1(CNC(=O)Nc2c(C)cccc2C(=O)O)CC1. The average molecular weight is 294 g/mol. The highest BCUT2D eigenvalue weighted by Crippen LogP contribution is 2.46. The Kier molecular flexibility index (Phi) is 4.23.